The van der Waals surface area contributed by atoms with Gasteiger partial charge in [-0.25, -0.2) is 0 Å². The molecular weight excluding hydrogens is 1070 g/mol. The minimum absolute atomic E-state index is 0.550. The smallest absolute Gasteiger partial charge is 0.263 e. The van der Waals surface area contributed by atoms with E-state index in [9.17, 15) is 176 Å². The van der Waals surface area contributed by atoms with E-state index in [1.165, 1.54) is 0 Å². The van der Waals surface area contributed by atoms with Crippen LogP contribution in [0.1, 0.15) is 0 Å². The van der Waals surface area contributed by atoms with Crippen molar-refractivity contribution in [1.29, 1.82) is 0 Å². The van der Waals surface area contributed by atoms with E-state index in [0.717, 1.165) is 14.2 Å². The number of hydrogen-bond donors (Lipinski definition) is 0. The summed E-state index contributed by atoms with van der Waals surface area (Å²) in [4.78, 5) is 20.2. The number of halogens is 38. The topological polar surface area (TPSA) is 80.3 Å². The van der Waals surface area contributed by atoms with Crippen LogP contribution >= 0.6 is 0 Å². The van der Waals surface area contributed by atoms with Crippen LogP contribution in [0.25, 0.3) is 0 Å². The van der Waals surface area contributed by atoms with E-state index in [0.29, 0.717) is 9.47 Å². The van der Waals surface area contributed by atoms with E-state index in [1.807, 2.05) is 0 Å². The van der Waals surface area contributed by atoms with Crippen LogP contribution in [0.4, 0.5) is 167 Å². The Labute approximate surface area is 322 Å². The highest BCUT2D eigenvalue weighted by Crippen LogP contribution is 2.64. The fourth-order valence-electron chi connectivity index (χ4n) is 3.04. The zero-order valence-electron chi connectivity index (χ0n) is 27.2. The highest BCUT2D eigenvalue weighted by molar-refractivity contribution is 5.78. The summed E-state index contributed by atoms with van der Waals surface area (Å²) in [6.07, 6.45) is -89.8. The third-order valence-corrected chi connectivity index (χ3v) is 6.32. The Balaban J connectivity index is 7.88. The van der Waals surface area contributed by atoms with Crippen molar-refractivity contribution in [2.75, 3.05) is 0 Å². The second-order valence-electron chi connectivity index (χ2n) is 10.8. The third-order valence-electron chi connectivity index (χ3n) is 6.32. The molecule has 0 bridgehead atoms. The maximum atomic E-state index is 14.5. The average molecular weight is 1070 g/mol. The van der Waals surface area contributed by atoms with E-state index < -0.39 is 121 Å². The number of ether oxygens (including phenoxy) is 5. The quantitative estimate of drug-likeness (QED) is 0.0942. The molecule has 0 aromatic rings. The summed E-state index contributed by atoms with van der Waals surface area (Å²) < 4.78 is 515. The van der Waals surface area contributed by atoms with Crippen LogP contribution in [-0.2, 0) is 33.3 Å². The monoisotopic (exact) mass is 1070 g/mol. The molecule has 0 aromatic carbocycles. The summed E-state index contributed by atoms with van der Waals surface area (Å²) in [5, 5.41) is 0. The van der Waals surface area contributed by atoms with Crippen LogP contribution in [0.2, 0.25) is 0 Å². The molecule has 0 fully saturated rings. The van der Waals surface area contributed by atoms with Crippen molar-refractivity contribution in [3.05, 3.63) is 0 Å². The molecule has 0 aliphatic heterocycles. The maximum absolute atomic E-state index is 14.5. The molecule has 0 aliphatic rings. The van der Waals surface area contributed by atoms with Gasteiger partial charge in [-0.15, -0.1) is 0 Å². The normalized spacial score (nSPS) is 20.3. The molecule has 0 saturated carbocycles. The van der Waals surface area contributed by atoms with Gasteiger partial charge in [0.05, 0.1) is 0 Å². The molecule has 0 radical (unpaired) electrons. The number of carbonyl (C=O) groups is 2. The van der Waals surface area contributed by atoms with Crippen LogP contribution in [0.5, 0.6) is 0 Å². The van der Waals surface area contributed by atoms with Gasteiger partial charge in [-0.2, -0.15) is 167 Å². The molecule has 5 atom stereocenters. The van der Waals surface area contributed by atoms with Gasteiger partial charge in [-0.1, -0.05) is 0 Å². The maximum Gasteiger partial charge on any atom is 0.459 e. The summed E-state index contributed by atoms with van der Waals surface area (Å²) in [6, 6.07) is -10.6. The van der Waals surface area contributed by atoms with Gasteiger partial charge in [0.2, 0.25) is 0 Å². The molecule has 7 nitrogen and oxygen atoms in total. The fraction of sp³-hybridized carbons (Fsp3) is 0.900. The van der Waals surface area contributed by atoms with Crippen molar-refractivity contribution in [2.24, 2.45) is 0 Å². The largest absolute Gasteiger partial charge is 0.459 e. The first-order valence-electron chi connectivity index (χ1n) is 13.1. The zero-order valence-corrected chi connectivity index (χ0v) is 27.2. The second kappa shape index (κ2) is 16.0. The summed E-state index contributed by atoms with van der Waals surface area (Å²) >= 11 is 0. The van der Waals surface area contributed by atoms with Crippen LogP contribution in [0.3, 0.4) is 0 Å². The Hall–Kier alpha value is -3.52. The minimum Gasteiger partial charge on any atom is -0.263 e. The lowest BCUT2D eigenvalue weighted by Crippen LogP contribution is -2.74. The lowest BCUT2D eigenvalue weighted by molar-refractivity contribution is -0.581. The van der Waals surface area contributed by atoms with Crippen molar-refractivity contribution >= 4 is 12.1 Å². The Kier molecular flexibility index (Phi) is 15.2. The molecule has 0 aromatic heterocycles. The SMILES string of the molecule is O=C(F)C(F)(OC(F)(F)C(F)(OC(F)(F)C(F)(F)C(F)(F)C(F)(F)C(F)(F)OC(F)(C(F)(F)F)C(F)(F)OC(F)(C(F)(F)F)C(F)(F)OC(F)(C(=O)F)C(F)(F)F)C(F)(F)F)C(F)(F)F. The lowest BCUT2D eigenvalue weighted by Gasteiger charge is -2.44. The first-order valence-corrected chi connectivity index (χ1v) is 13.1. The molecule has 0 N–H and O–H groups in total. The van der Waals surface area contributed by atoms with Crippen molar-refractivity contribution in [1.82, 2.24) is 0 Å². The first-order chi connectivity index (χ1) is 27.4. The van der Waals surface area contributed by atoms with Crippen molar-refractivity contribution in [3.8, 4) is 0 Å². The number of hydrogen-bond acceptors (Lipinski definition) is 7. The van der Waals surface area contributed by atoms with Gasteiger partial charge in [0.1, 0.15) is 0 Å². The number of alkyl halides is 36. The Morgan fingerprint density at radius 3 is 0.554 bits per heavy atom. The van der Waals surface area contributed by atoms with Gasteiger partial charge in [0.25, 0.3) is 0 Å². The molecule has 0 heterocycles. The van der Waals surface area contributed by atoms with E-state index in [2.05, 4.69) is 0 Å². The van der Waals surface area contributed by atoms with E-state index in [1.54, 1.807) is 0 Å². The highest BCUT2D eigenvalue weighted by atomic mass is 19.4. The van der Waals surface area contributed by atoms with E-state index in [4.69, 9.17) is 0 Å². The summed E-state index contributed by atoms with van der Waals surface area (Å²) in [5.41, 5.74) is 0. The van der Waals surface area contributed by atoms with Crippen molar-refractivity contribution in [3.63, 3.8) is 0 Å². The van der Waals surface area contributed by atoms with E-state index >= 15 is 0 Å². The number of carbonyl (C=O) groups excluding carboxylic acids is 2. The lowest BCUT2D eigenvalue weighted by atomic mass is 10.0. The molecule has 65 heavy (non-hydrogen) atoms. The Bertz CT molecular complexity index is 1740. The summed E-state index contributed by atoms with van der Waals surface area (Å²) in [6.45, 7) is 0. The molecule has 0 rings (SSSR count). The molecule has 0 spiro atoms. The second-order valence-corrected chi connectivity index (χ2v) is 10.8. The predicted octanol–water partition coefficient (Wildman–Crippen LogP) is 11.1. The number of rotatable bonds is 19. The molecule has 0 aliphatic carbocycles. The van der Waals surface area contributed by atoms with Gasteiger partial charge in [-0.3, -0.25) is 33.3 Å². The van der Waals surface area contributed by atoms with Crippen molar-refractivity contribution < 1.29 is 200 Å². The highest BCUT2D eigenvalue weighted by Gasteiger charge is 2.94. The van der Waals surface area contributed by atoms with Gasteiger partial charge >= 0.3 is 121 Å². The van der Waals surface area contributed by atoms with Crippen LogP contribution in [-0.4, -0.2) is 121 Å². The summed E-state index contributed by atoms with van der Waals surface area (Å²) in [7, 11) is 0. The van der Waals surface area contributed by atoms with Gasteiger partial charge in [0.15, 0.2) is 0 Å². The van der Waals surface area contributed by atoms with E-state index in [-0.39, 0.29) is 0 Å². The molecular formula is C20F38O7. The average Bonchev–Trinajstić information content (AvgIpc) is 3.00. The predicted molar refractivity (Wildman–Crippen MR) is 107 cm³/mol. The Morgan fingerprint density at radius 1 is 0.231 bits per heavy atom. The molecule has 5 unspecified atom stereocenters. The van der Waals surface area contributed by atoms with Crippen LogP contribution < -0.4 is 0 Å². The van der Waals surface area contributed by atoms with Gasteiger partial charge in [0, 0.05) is 0 Å². The van der Waals surface area contributed by atoms with Gasteiger partial charge < -0.3 is 0 Å². The standard InChI is InChI=1S/C20F38O7/c21-1(59)3(23,11(34,35)36)61-18(53,54)8(31,13(40,41)42)63-16(49,50)6(27,28)5(25,26)7(29,30)17(51,52)64-10(33,15(46,47)48)20(57,58)65-9(32,14(43,44)45)19(55,56)62-4(24,2(22)60)12(37,38)39. The third kappa shape index (κ3) is 9.64. The molecule has 0 amide bonds. The minimum atomic E-state index is -10.0. The van der Waals surface area contributed by atoms with Gasteiger partial charge in [-0.05, 0) is 0 Å². The molecule has 45 heteroatoms. The molecule has 388 valence electrons. The zero-order chi connectivity index (χ0) is 53.7. The van der Waals surface area contributed by atoms with Crippen molar-refractivity contribution in [2.45, 2.75) is 108 Å². The molecule has 0 saturated heterocycles. The first kappa shape index (κ1) is 61.5. The summed E-state index contributed by atoms with van der Waals surface area (Å²) in [5.74, 6) is -73.9. The van der Waals surface area contributed by atoms with Crippen LogP contribution in [0, 0.1) is 0 Å². The fourth-order valence-corrected chi connectivity index (χ4v) is 3.04. The van der Waals surface area contributed by atoms with Crippen LogP contribution in [0.15, 0.2) is 0 Å². The Morgan fingerprint density at radius 2 is 0.400 bits per heavy atom.